The molecule has 5 rings (SSSR count). The number of rotatable bonds is 0. The van der Waals surface area contributed by atoms with E-state index < -0.39 is 0 Å². The molecule has 5 saturated carbocycles. The van der Waals surface area contributed by atoms with Gasteiger partial charge in [-0.2, -0.15) is 0 Å². The van der Waals surface area contributed by atoms with Gasteiger partial charge >= 0.3 is 0 Å². The van der Waals surface area contributed by atoms with Crippen LogP contribution < -0.4 is 0 Å². The fraction of sp³-hybridized carbons (Fsp3) is 0.667. The minimum Gasteiger partial charge on any atom is -0.299 e. The Morgan fingerprint density at radius 1 is 0.500 bits per heavy atom. The molecular weight excluding hydrogens is 156 g/mol. The molecule has 0 heterocycles. The van der Waals surface area contributed by atoms with Crippen LogP contribution in [-0.4, -0.2) is 17.3 Å². The van der Waals surface area contributed by atoms with Crippen molar-refractivity contribution in [2.24, 2.45) is 35.5 Å². The molecule has 0 radical (unpaired) electrons. The highest BCUT2D eigenvalue weighted by Crippen LogP contribution is 2.72. The summed E-state index contributed by atoms with van der Waals surface area (Å²) in [6.45, 7) is 0. The van der Waals surface area contributed by atoms with E-state index in [9.17, 15) is 14.4 Å². The SMILES string of the molecule is O=C1C2C3C(=O)C4C1C4C(=O)C23. The third-order valence-corrected chi connectivity index (χ3v) is 4.01. The van der Waals surface area contributed by atoms with Crippen molar-refractivity contribution in [3.63, 3.8) is 0 Å². The van der Waals surface area contributed by atoms with Crippen molar-refractivity contribution in [2.45, 2.75) is 0 Å². The number of hydrogen-bond acceptors (Lipinski definition) is 3. The van der Waals surface area contributed by atoms with Crippen LogP contribution in [-0.2, 0) is 14.4 Å². The van der Waals surface area contributed by atoms with E-state index in [1.165, 1.54) is 0 Å². The first-order chi connectivity index (χ1) is 5.73. The van der Waals surface area contributed by atoms with Crippen LogP contribution in [0.2, 0.25) is 0 Å². The van der Waals surface area contributed by atoms with Crippen molar-refractivity contribution in [2.75, 3.05) is 0 Å². The quantitative estimate of drug-likeness (QED) is 0.480. The van der Waals surface area contributed by atoms with Gasteiger partial charge < -0.3 is 0 Å². The van der Waals surface area contributed by atoms with Gasteiger partial charge in [0.15, 0.2) is 0 Å². The Hall–Kier alpha value is -0.990. The molecule has 5 aliphatic carbocycles. The lowest BCUT2D eigenvalue weighted by atomic mass is 9.98. The van der Waals surface area contributed by atoms with Crippen LogP contribution >= 0.6 is 0 Å². The van der Waals surface area contributed by atoms with Gasteiger partial charge in [-0.3, -0.25) is 14.4 Å². The number of carbonyl (C=O) groups excluding carboxylic acids is 3. The molecule has 0 aromatic rings. The Balaban J connectivity index is 1.99. The van der Waals surface area contributed by atoms with E-state index in [-0.39, 0.29) is 52.9 Å². The zero-order chi connectivity index (χ0) is 8.20. The summed E-state index contributed by atoms with van der Waals surface area (Å²) in [5.41, 5.74) is 0. The summed E-state index contributed by atoms with van der Waals surface area (Å²) in [5, 5.41) is 0. The summed E-state index contributed by atoms with van der Waals surface area (Å²) in [5.74, 6) is -0.308. The molecular formula is C9H6O3. The largest absolute Gasteiger partial charge is 0.299 e. The van der Waals surface area contributed by atoms with Gasteiger partial charge in [0.1, 0.15) is 17.3 Å². The van der Waals surface area contributed by atoms with Gasteiger partial charge in [-0.1, -0.05) is 0 Å². The molecule has 12 heavy (non-hydrogen) atoms. The smallest absolute Gasteiger partial charge is 0.142 e. The van der Waals surface area contributed by atoms with E-state index in [1.54, 1.807) is 0 Å². The van der Waals surface area contributed by atoms with Gasteiger partial charge in [0, 0.05) is 35.5 Å². The summed E-state index contributed by atoms with van der Waals surface area (Å²) >= 11 is 0. The molecule has 3 heteroatoms. The van der Waals surface area contributed by atoms with E-state index in [2.05, 4.69) is 0 Å². The summed E-state index contributed by atoms with van der Waals surface area (Å²) < 4.78 is 0. The van der Waals surface area contributed by atoms with Crippen molar-refractivity contribution < 1.29 is 14.4 Å². The van der Waals surface area contributed by atoms with Crippen molar-refractivity contribution in [3.8, 4) is 0 Å². The maximum atomic E-state index is 11.4. The first-order valence-corrected chi connectivity index (χ1v) is 4.34. The summed E-state index contributed by atoms with van der Waals surface area (Å²) in [7, 11) is 0. The molecule has 0 aliphatic heterocycles. The first kappa shape index (κ1) is 5.62. The third kappa shape index (κ3) is 0.313. The van der Waals surface area contributed by atoms with Crippen molar-refractivity contribution in [1.29, 1.82) is 0 Å². The number of hydrogen-bond donors (Lipinski definition) is 0. The summed E-state index contributed by atoms with van der Waals surface area (Å²) in [6.07, 6.45) is 0. The molecule has 0 aromatic heterocycles. The minimum absolute atomic E-state index is 0.162. The Morgan fingerprint density at radius 3 is 0.833 bits per heavy atom. The fourth-order valence-corrected chi connectivity index (χ4v) is 3.41. The normalized spacial score (nSPS) is 63.5. The van der Waals surface area contributed by atoms with Gasteiger partial charge in [-0.25, -0.2) is 0 Å². The summed E-state index contributed by atoms with van der Waals surface area (Å²) in [6, 6.07) is 0. The topological polar surface area (TPSA) is 51.2 Å². The molecule has 0 spiro atoms. The number of ketones is 3. The van der Waals surface area contributed by atoms with E-state index >= 15 is 0 Å². The lowest BCUT2D eigenvalue weighted by molar-refractivity contribution is -0.130. The third-order valence-electron chi connectivity index (χ3n) is 4.01. The van der Waals surface area contributed by atoms with Crippen LogP contribution in [0.15, 0.2) is 0 Å². The molecule has 60 valence electrons. The maximum absolute atomic E-state index is 11.4. The highest BCUT2D eigenvalue weighted by atomic mass is 16.2. The number of Topliss-reactive ketones (excluding diaryl/α,β-unsaturated/α-hetero) is 3. The number of carbonyl (C=O) groups is 3. The van der Waals surface area contributed by atoms with Gasteiger partial charge in [-0.15, -0.1) is 0 Å². The zero-order valence-corrected chi connectivity index (χ0v) is 6.19. The highest BCUT2D eigenvalue weighted by Gasteiger charge is 2.84. The Bertz CT molecular complexity index is 271. The molecule has 5 fully saturated rings. The van der Waals surface area contributed by atoms with Crippen molar-refractivity contribution >= 4 is 17.3 Å². The monoisotopic (exact) mass is 162 g/mol. The van der Waals surface area contributed by atoms with Gasteiger partial charge in [0.25, 0.3) is 0 Å². The minimum atomic E-state index is -0.162. The van der Waals surface area contributed by atoms with Crippen LogP contribution in [0.3, 0.4) is 0 Å². The summed E-state index contributed by atoms with van der Waals surface area (Å²) in [4.78, 5) is 34.3. The Labute approximate surface area is 68.1 Å². The second-order valence-electron chi connectivity index (χ2n) is 4.36. The molecule has 3 nitrogen and oxygen atoms in total. The zero-order valence-electron chi connectivity index (χ0n) is 6.19. The first-order valence-electron chi connectivity index (χ1n) is 4.34. The average Bonchev–Trinajstić information content (AvgIpc) is 2.86. The van der Waals surface area contributed by atoms with Gasteiger partial charge in [-0.05, 0) is 0 Å². The lowest BCUT2D eigenvalue weighted by Gasteiger charge is -2.02. The molecule has 0 amide bonds. The van der Waals surface area contributed by atoms with Crippen LogP contribution in [0.1, 0.15) is 0 Å². The lowest BCUT2D eigenvalue weighted by Crippen LogP contribution is -2.19. The fourth-order valence-electron chi connectivity index (χ4n) is 3.41. The molecule has 0 atom stereocenters. The Kier molecular flexibility index (Phi) is 0.563. The molecule has 0 saturated heterocycles. The second kappa shape index (κ2) is 1.20. The van der Waals surface area contributed by atoms with E-state index in [0.717, 1.165) is 0 Å². The van der Waals surface area contributed by atoms with Crippen molar-refractivity contribution in [1.82, 2.24) is 0 Å². The molecule has 0 N–H and O–H groups in total. The maximum Gasteiger partial charge on any atom is 0.142 e. The Morgan fingerprint density at radius 2 is 0.667 bits per heavy atom. The predicted octanol–water partition coefficient (Wildman–Crippen LogP) is -0.555. The molecule has 0 aromatic carbocycles. The van der Waals surface area contributed by atoms with Crippen molar-refractivity contribution in [3.05, 3.63) is 0 Å². The predicted molar refractivity (Wildman–Crippen MR) is 36.0 cm³/mol. The highest BCUT2D eigenvalue weighted by molar-refractivity contribution is 6.22. The second-order valence-corrected chi connectivity index (χ2v) is 4.36. The van der Waals surface area contributed by atoms with Crippen LogP contribution in [0.4, 0.5) is 0 Å². The van der Waals surface area contributed by atoms with Gasteiger partial charge in [0.2, 0.25) is 0 Å². The molecule has 6 bridgehead atoms. The van der Waals surface area contributed by atoms with Crippen LogP contribution in [0, 0.1) is 35.5 Å². The van der Waals surface area contributed by atoms with E-state index in [4.69, 9.17) is 0 Å². The average molecular weight is 162 g/mol. The molecule has 5 aliphatic rings. The van der Waals surface area contributed by atoms with Gasteiger partial charge in [0.05, 0.1) is 0 Å². The van der Waals surface area contributed by atoms with Crippen LogP contribution in [0.25, 0.3) is 0 Å². The molecule has 0 unspecified atom stereocenters. The standard InChI is InChI=1S/C9H6O3/c10-7-1-2-3(1)9(12)6-4(7)5(6)8(2)11/h1-6H. The van der Waals surface area contributed by atoms with E-state index in [1.807, 2.05) is 0 Å². The van der Waals surface area contributed by atoms with Crippen LogP contribution in [0.5, 0.6) is 0 Å². The van der Waals surface area contributed by atoms with E-state index in [0.29, 0.717) is 0 Å².